The number of aromatic nitrogens is 3. The van der Waals surface area contributed by atoms with E-state index in [2.05, 4.69) is 14.9 Å². The summed E-state index contributed by atoms with van der Waals surface area (Å²) in [5.74, 6) is 2.59. The van der Waals surface area contributed by atoms with E-state index in [0.717, 1.165) is 12.8 Å². The Morgan fingerprint density at radius 1 is 1.13 bits per heavy atom. The van der Waals surface area contributed by atoms with Gasteiger partial charge in [-0.1, -0.05) is 24.3 Å². The third kappa shape index (κ3) is 4.08. The summed E-state index contributed by atoms with van der Waals surface area (Å²) in [6, 6.07) is 12.3. The van der Waals surface area contributed by atoms with E-state index in [0.29, 0.717) is 46.9 Å². The van der Waals surface area contributed by atoms with Crippen LogP contribution in [0.1, 0.15) is 30.3 Å². The van der Waals surface area contributed by atoms with Gasteiger partial charge in [-0.3, -0.25) is 9.29 Å². The number of nitrogens with zero attached hydrogens (tertiary/aromatic N) is 3. The predicted molar refractivity (Wildman–Crippen MR) is 114 cm³/mol. The molecule has 1 fully saturated rings. The molecule has 0 saturated carbocycles. The van der Waals surface area contributed by atoms with Crippen LogP contribution in [-0.2, 0) is 10.5 Å². The van der Waals surface area contributed by atoms with Crippen LogP contribution in [0.4, 0.5) is 10.3 Å². The van der Waals surface area contributed by atoms with Crippen LogP contribution >= 0.6 is 11.9 Å². The fourth-order valence-electron chi connectivity index (χ4n) is 3.42. The van der Waals surface area contributed by atoms with Gasteiger partial charge in [-0.2, -0.15) is 0 Å². The zero-order valence-electron chi connectivity index (χ0n) is 16.8. The van der Waals surface area contributed by atoms with Crippen LogP contribution in [0.5, 0.6) is 11.5 Å². The van der Waals surface area contributed by atoms with Gasteiger partial charge >= 0.3 is 0 Å². The molecule has 0 bridgehead atoms. The van der Waals surface area contributed by atoms with Crippen LogP contribution < -0.4 is 14.2 Å². The van der Waals surface area contributed by atoms with Crippen molar-refractivity contribution >= 4 is 17.9 Å². The molecule has 1 aliphatic rings. The molecule has 1 N–H and O–H groups in total. The standard InChI is InChI=1S/C21H23FN4O3S/c1-27-16-9-5-10-17(28-2)19(16)26-20(18-11-6-12-29-18)23-24-21(26)25-30-13-14-7-3-4-8-15(14)22/h3-5,7-10,18H,6,11-13H2,1-2H3,(H,24,25). The number of rotatable bonds is 8. The Bertz CT molecular complexity index is 985. The third-order valence-electron chi connectivity index (χ3n) is 4.88. The first-order valence-electron chi connectivity index (χ1n) is 9.62. The quantitative estimate of drug-likeness (QED) is 0.526. The summed E-state index contributed by atoms with van der Waals surface area (Å²) in [6.07, 6.45) is 1.66. The number of para-hydroxylation sites is 1. The average Bonchev–Trinajstić information content (AvgIpc) is 3.44. The van der Waals surface area contributed by atoms with E-state index < -0.39 is 0 Å². The summed E-state index contributed by atoms with van der Waals surface area (Å²) < 4.78 is 36.1. The van der Waals surface area contributed by atoms with Gasteiger partial charge in [0.15, 0.2) is 5.82 Å². The second-order valence-corrected chi connectivity index (χ2v) is 7.49. The average molecular weight is 431 g/mol. The van der Waals surface area contributed by atoms with Crippen LogP contribution in [-0.4, -0.2) is 35.6 Å². The Morgan fingerprint density at radius 3 is 2.57 bits per heavy atom. The van der Waals surface area contributed by atoms with Gasteiger partial charge in [0.2, 0.25) is 5.95 Å². The first-order chi connectivity index (χ1) is 14.7. The minimum absolute atomic E-state index is 0.167. The van der Waals surface area contributed by atoms with Gasteiger partial charge in [0.05, 0.1) is 14.2 Å². The molecule has 0 aliphatic carbocycles. The highest BCUT2D eigenvalue weighted by Gasteiger charge is 2.29. The lowest BCUT2D eigenvalue weighted by Gasteiger charge is -2.19. The van der Waals surface area contributed by atoms with Crippen molar-refractivity contribution in [3.63, 3.8) is 0 Å². The number of anilines is 1. The molecule has 4 rings (SSSR count). The van der Waals surface area contributed by atoms with E-state index in [9.17, 15) is 4.39 Å². The normalized spacial score (nSPS) is 15.9. The highest BCUT2D eigenvalue weighted by Crippen LogP contribution is 2.39. The molecule has 2 heterocycles. The first-order valence-corrected chi connectivity index (χ1v) is 10.6. The SMILES string of the molecule is COc1cccc(OC)c1-n1c(NSCc2ccccc2F)nnc1C1CCCO1. The maximum absolute atomic E-state index is 13.9. The van der Waals surface area contributed by atoms with Crippen molar-refractivity contribution in [1.82, 2.24) is 14.8 Å². The zero-order chi connectivity index (χ0) is 20.9. The highest BCUT2D eigenvalue weighted by molar-refractivity contribution is 7.99. The summed E-state index contributed by atoms with van der Waals surface area (Å²) in [7, 11) is 3.21. The Hall–Kier alpha value is -2.78. The fraction of sp³-hybridized carbons (Fsp3) is 0.333. The van der Waals surface area contributed by atoms with Crippen LogP contribution in [0.3, 0.4) is 0 Å². The summed E-state index contributed by atoms with van der Waals surface area (Å²) in [4.78, 5) is 0. The molecule has 3 aromatic rings. The van der Waals surface area contributed by atoms with E-state index in [4.69, 9.17) is 14.2 Å². The molecule has 7 nitrogen and oxygen atoms in total. The third-order valence-corrected chi connectivity index (χ3v) is 5.66. The molecule has 30 heavy (non-hydrogen) atoms. The lowest BCUT2D eigenvalue weighted by molar-refractivity contribution is 0.103. The van der Waals surface area contributed by atoms with Crippen LogP contribution in [0.2, 0.25) is 0 Å². The minimum Gasteiger partial charge on any atom is -0.494 e. The molecule has 0 radical (unpaired) electrons. The number of methoxy groups -OCH3 is 2. The van der Waals surface area contributed by atoms with Crippen molar-refractivity contribution in [2.45, 2.75) is 24.7 Å². The molecule has 9 heteroatoms. The van der Waals surface area contributed by atoms with Gasteiger partial charge in [0.1, 0.15) is 29.1 Å². The van der Waals surface area contributed by atoms with Crippen LogP contribution in [0.25, 0.3) is 5.69 Å². The largest absolute Gasteiger partial charge is 0.494 e. The van der Waals surface area contributed by atoms with Crippen LogP contribution in [0.15, 0.2) is 42.5 Å². The maximum atomic E-state index is 13.9. The van der Waals surface area contributed by atoms with Crippen molar-refractivity contribution in [1.29, 1.82) is 0 Å². The zero-order valence-corrected chi connectivity index (χ0v) is 17.6. The highest BCUT2D eigenvalue weighted by atomic mass is 32.2. The van der Waals surface area contributed by atoms with E-state index >= 15 is 0 Å². The van der Waals surface area contributed by atoms with E-state index in [1.54, 1.807) is 26.4 Å². The van der Waals surface area contributed by atoms with Gasteiger partial charge in [0, 0.05) is 12.4 Å². The summed E-state index contributed by atoms with van der Waals surface area (Å²) in [6.45, 7) is 0.686. The van der Waals surface area contributed by atoms with Crippen LogP contribution in [0, 0.1) is 5.82 Å². The molecular weight excluding hydrogens is 407 g/mol. The van der Waals surface area contributed by atoms with Crippen molar-refractivity contribution in [2.75, 3.05) is 25.5 Å². The summed E-state index contributed by atoms with van der Waals surface area (Å²) in [5.41, 5.74) is 1.29. The van der Waals surface area contributed by atoms with E-state index in [-0.39, 0.29) is 11.9 Å². The second-order valence-electron chi connectivity index (χ2n) is 6.71. The van der Waals surface area contributed by atoms with Crippen molar-refractivity contribution in [2.24, 2.45) is 0 Å². The van der Waals surface area contributed by atoms with E-state index in [1.165, 1.54) is 18.0 Å². The first kappa shape index (κ1) is 20.5. The van der Waals surface area contributed by atoms with E-state index in [1.807, 2.05) is 28.8 Å². The summed E-state index contributed by atoms with van der Waals surface area (Å²) >= 11 is 1.33. The number of ether oxygens (including phenoxy) is 3. The van der Waals surface area contributed by atoms with Crippen molar-refractivity contribution < 1.29 is 18.6 Å². The fourth-order valence-corrected chi connectivity index (χ4v) is 4.14. The monoisotopic (exact) mass is 430 g/mol. The lowest BCUT2D eigenvalue weighted by Crippen LogP contribution is -2.11. The Morgan fingerprint density at radius 2 is 1.90 bits per heavy atom. The number of halogens is 1. The van der Waals surface area contributed by atoms with Gasteiger partial charge in [0.25, 0.3) is 0 Å². The van der Waals surface area contributed by atoms with Gasteiger partial charge in [-0.25, -0.2) is 4.39 Å². The number of hydrogen-bond acceptors (Lipinski definition) is 7. The Labute approximate surface area is 178 Å². The molecular formula is C21H23FN4O3S. The smallest absolute Gasteiger partial charge is 0.239 e. The molecule has 1 unspecified atom stereocenters. The van der Waals surface area contributed by atoms with Crippen molar-refractivity contribution in [3.8, 4) is 17.2 Å². The maximum Gasteiger partial charge on any atom is 0.239 e. The molecule has 0 spiro atoms. The summed E-state index contributed by atoms with van der Waals surface area (Å²) in [5, 5.41) is 8.73. The molecule has 1 aliphatic heterocycles. The molecule has 0 amide bonds. The minimum atomic E-state index is -0.236. The van der Waals surface area contributed by atoms with Crippen molar-refractivity contribution in [3.05, 3.63) is 59.7 Å². The molecule has 1 atom stereocenters. The number of hydrogen-bond donors (Lipinski definition) is 1. The molecule has 2 aromatic carbocycles. The number of benzene rings is 2. The topological polar surface area (TPSA) is 70.4 Å². The molecule has 1 saturated heterocycles. The molecule has 1 aromatic heterocycles. The van der Waals surface area contributed by atoms with Gasteiger partial charge in [-0.15, -0.1) is 10.2 Å². The Kier molecular flexibility index (Phi) is 6.39. The number of nitrogens with one attached hydrogen (secondary N) is 1. The lowest BCUT2D eigenvalue weighted by atomic mass is 10.2. The Balaban J connectivity index is 1.69. The van der Waals surface area contributed by atoms with Gasteiger partial charge < -0.3 is 14.2 Å². The molecule has 158 valence electrons. The predicted octanol–water partition coefficient (Wildman–Crippen LogP) is 4.54. The van der Waals surface area contributed by atoms with Gasteiger partial charge in [-0.05, 0) is 48.6 Å². The second kappa shape index (κ2) is 9.36.